The van der Waals surface area contributed by atoms with Gasteiger partial charge in [-0.1, -0.05) is 35.9 Å². The highest BCUT2D eigenvalue weighted by Crippen LogP contribution is 2.31. The van der Waals surface area contributed by atoms with Crippen LogP contribution in [0.4, 0.5) is 11.4 Å². The van der Waals surface area contributed by atoms with Gasteiger partial charge in [0.1, 0.15) is 0 Å². The summed E-state index contributed by atoms with van der Waals surface area (Å²) in [5.41, 5.74) is 12.2. The van der Waals surface area contributed by atoms with Gasteiger partial charge in [-0.2, -0.15) is 0 Å². The van der Waals surface area contributed by atoms with Crippen molar-refractivity contribution in [2.75, 3.05) is 11.9 Å². The van der Waals surface area contributed by atoms with E-state index in [0.29, 0.717) is 0 Å². The maximum absolute atomic E-state index is 6.07. The second-order valence-corrected chi connectivity index (χ2v) is 5.20. The van der Waals surface area contributed by atoms with Gasteiger partial charge >= 0.3 is 0 Å². The molecule has 1 atom stereocenters. The Bertz CT molecular complexity index is 573. The molecule has 0 amide bonds. The van der Waals surface area contributed by atoms with Crippen molar-refractivity contribution in [3.8, 4) is 0 Å². The summed E-state index contributed by atoms with van der Waals surface area (Å²) in [5.74, 6) is 0. The largest absolute Gasteiger partial charge is 0.344 e. The van der Waals surface area contributed by atoms with E-state index in [0.717, 1.165) is 0 Å². The molecule has 0 aliphatic rings. The molecule has 2 aromatic carbocycles. The van der Waals surface area contributed by atoms with Crippen LogP contribution >= 0.6 is 0 Å². The van der Waals surface area contributed by atoms with E-state index in [1.807, 2.05) is 13.0 Å². The molecule has 2 N–H and O–H groups in total. The SMILES string of the molecule is Cc1ccc(N(C)c2ccccc2[C@H](C)N)c(C)c1. The van der Waals surface area contributed by atoms with Crippen LogP contribution in [0.2, 0.25) is 0 Å². The molecule has 0 spiro atoms. The summed E-state index contributed by atoms with van der Waals surface area (Å²) in [4.78, 5) is 2.22. The van der Waals surface area contributed by atoms with Gasteiger partial charge in [-0.25, -0.2) is 0 Å². The average molecular weight is 254 g/mol. The van der Waals surface area contributed by atoms with Crippen LogP contribution in [-0.4, -0.2) is 7.05 Å². The Morgan fingerprint density at radius 1 is 1.00 bits per heavy atom. The van der Waals surface area contributed by atoms with Crippen molar-refractivity contribution in [2.24, 2.45) is 5.73 Å². The maximum Gasteiger partial charge on any atom is 0.0456 e. The highest BCUT2D eigenvalue weighted by Gasteiger charge is 2.12. The first-order valence-electron chi connectivity index (χ1n) is 6.66. The van der Waals surface area contributed by atoms with Crippen LogP contribution in [0.3, 0.4) is 0 Å². The van der Waals surface area contributed by atoms with E-state index in [9.17, 15) is 0 Å². The number of benzene rings is 2. The normalized spacial score (nSPS) is 12.3. The van der Waals surface area contributed by atoms with E-state index in [1.54, 1.807) is 0 Å². The van der Waals surface area contributed by atoms with E-state index >= 15 is 0 Å². The molecular formula is C17H22N2. The van der Waals surface area contributed by atoms with Gasteiger partial charge in [0, 0.05) is 24.5 Å². The molecule has 100 valence electrons. The molecule has 0 aliphatic carbocycles. The molecule has 0 saturated heterocycles. The van der Waals surface area contributed by atoms with Crippen LogP contribution in [-0.2, 0) is 0 Å². The average Bonchev–Trinajstić information content (AvgIpc) is 2.38. The summed E-state index contributed by atoms with van der Waals surface area (Å²) >= 11 is 0. The Hall–Kier alpha value is -1.80. The zero-order chi connectivity index (χ0) is 14.0. The molecule has 0 aromatic heterocycles. The molecule has 2 rings (SSSR count). The summed E-state index contributed by atoms with van der Waals surface area (Å²) in [5, 5.41) is 0. The number of nitrogens with zero attached hydrogens (tertiary/aromatic N) is 1. The molecule has 2 aromatic rings. The predicted molar refractivity (Wildman–Crippen MR) is 83.0 cm³/mol. The predicted octanol–water partition coefficient (Wildman–Crippen LogP) is 4.09. The van der Waals surface area contributed by atoms with Crippen molar-refractivity contribution in [1.29, 1.82) is 0 Å². The van der Waals surface area contributed by atoms with E-state index in [1.165, 1.54) is 28.1 Å². The fourth-order valence-electron chi connectivity index (χ4n) is 2.49. The first-order valence-corrected chi connectivity index (χ1v) is 6.66. The summed E-state index contributed by atoms with van der Waals surface area (Å²) in [6.45, 7) is 6.29. The fourth-order valence-corrected chi connectivity index (χ4v) is 2.49. The number of hydrogen-bond donors (Lipinski definition) is 1. The highest BCUT2D eigenvalue weighted by atomic mass is 15.1. The minimum Gasteiger partial charge on any atom is -0.344 e. The van der Waals surface area contributed by atoms with Crippen LogP contribution < -0.4 is 10.6 Å². The van der Waals surface area contributed by atoms with Crippen molar-refractivity contribution in [3.63, 3.8) is 0 Å². The molecule has 0 heterocycles. The standard InChI is InChI=1S/C17H22N2/c1-12-9-10-16(13(2)11-12)19(4)17-8-6-5-7-15(17)14(3)18/h5-11,14H,18H2,1-4H3/t14-/m0/s1. The number of hydrogen-bond acceptors (Lipinski definition) is 2. The second kappa shape index (κ2) is 5.45. The lowest BCUT2D eigenvalue weighted by Gasteiger charge is -2.25. The Morgan fingerprint density at radius 2 is 1.68 bits per heavy atom. The number of nitrogens with two attached hydrogens (primary N) is 1. The van der Waals surface area contributed by atoms with Crippen molar-refractivity contribution in [1.82, 2.24) is 0 Å². The third-order valence-electron chi connectivity index (χ3n) is 3.50. The third kappa shape index (κ3) is 2.79. The highest BCUT2D eigenvalue weighted by molar-refractivity contribution is 5.69. The van der Waals surface area contributed by atoms with E-state index in [-0.39, 0.29) is 6.04 Å². The Balaban J connectivity index is 2.47. The van der Waals surface area contributed by atoms with Crippen molar-refractivity contribution < 1.29 is 0 Å². The number of para-hydroxylation sites is 1. The molecule has 0 bridgehead atoms. The number of rotatable bonds is 3. The van der Waals surface area contributed by atoms with Gasteiger partial charge in [-0.05, 0) is 44.0 Å². The van der Waals surface area contributed by atoms with Gasteiger partial charge in [0.2, 0.25) is 0 Å². The van der Waals surface area contributed by atoms with Crippen LogP contribution in [0.1, 0.15) is 29.7 Å². The zero-order valence-electron chi connectivity index (χ0n) is 12.1. The smallest absolute Gasteiger partial charge is 0.0456 e. The van der Waals surface area contributed by atoms with Gasteiger partial charge in [0.05, 0.1) is 0 Å². The summed E-state index contributed by atoms with van der Waals surface area (Å²) < 4.78 is 0. The molecule has 2 heteroatoms. The summed E-state index contributed by atoms with van der Waals surface area (Å²) in [6, 6.07) is 14.9. The lowest BCUT2D eigenvalue weighted by Crippen LogP contribution is -2.16. The van der Waals surface area contributed by atoms with Crippen LogP contribution in [0.15, 0.2) is 42.5 Å². The van der Waals surface area contributed by atoms with Gasteiger partial charge in [-0.15, -0.1) is 0 Å². The first kappa shape index (κ1) is 13.6. The van der Waals surface area contributed by atoms with E-state index in [2.05, 4.69) is 62.2 Å². The number of aryl methyl sites for hydroxylation is 2. The molecule has 0 unspecified atom stereocenters. The van der Waals surface area contributed by atoms with Crippen LogP contribution in [0, 0.1) is 13.8 Å². The van der Waals surface area contributed by atoms with E-state index in [4.69, 9.17) is 5.73 Å². The monoisotopic (exact) mass is 254 g/mol. The minimum atomic E-state index is 0.0319. The van der Waals surface area contributed by atoms with Gasteiger partial charge < -0.3 is 10.6 Å². The second-order valence-electron chi connectivity index (χ2n) is 5.20. The molecule has 0 saturated carbocycles. The van der Waals surface area contributed by atoms with Gasteiger partial charge in [0.15, 0.2) is 0 Å². The van der Waals surface area contributed by atoms with Crippen molar-refractivity contribution >= 4 is 11.4 Å². The molecule has 0 radical (unpaired) electrons. The Kier molecular flexibility index (Phi) is 3.91. The van der Waals surface area contributed by atoms with Gasteiger partial charge in [0.25, 0.3) is 0 Å². The Morgan fingerprint density at radius 3 is 2.32 bits per heavy atom. The maximum atomic E-state index is 6.07. The summed E-state index contributed by atoms with van der Waals surface area (Å²) in [7, 11) is 2.10. The van der Waals surface area contributed by atoms with Crippen LogP contribution in [0.5, 0.6) is 0 Å². The lowest BCUT2D eigenvalue weighted by atomic mass is 10.0. The lowest BCUT2D eigenvalue weighted by molar-refractivity contribution is 0.815. The quantitative estimate of drug-likeness (QED) is 0.893. The Labute approximate surface area is 115 Å². The molecule has 0 fully saturated rings. The van der Waals surface area contributed by atoms with Crippen LogP contribution in [0.25, 0.3) is 0 Å². The third-order valence-corrected chi connectivity index (χ3v) is 3.50. The first-order chi connectivity index (χ1) is 9.00. The molecule has 2 nitrogen and oxygen atoms in total. The molecular weight excluding hydrogens is 232 g/mol. The van der Waals surface area contributed by atoms with E-state index < -0.39 is 0 Å². The summed E-state index contributed by atoms with van der Waals surface area (Å²) in [6.07, 6.45) is 0. The van der Waals surface area contributed by atoms with Crippen molar-refractivity contribution in [3.05, 3.63) is 59.2 Å². The molecule has 0 aliphatic heterocycles. The number of anilines is 2. The zero-order valence-corrected chi connectivity index (χ0v) is 12.1. The van der Waals surface area contributed by atoms with Crippen molar-refractivity contribution in [2.45, 2.75) is 26.8 Å². The fraction of sp³-hybridized carbons (Fsp3) is 0.294. The minimum absolute atomic E-state index is 0.0319. The molecule has 19 heavy (non-hydrogen) atoms. The topological polar surface area (TPSA) is 29.3 Å². The van der Waals surface area contributed by atoms with Gasteiger partial charge in [-0.3, -0.25) is 0 Å².